The van der Waals surface area contributed by atoms with Gasteiger partial charge in [0.1, 0.15) is 0 Å². The van der Waals surface area contributed by atoms with Gasteiger partial charge in [-0.3, -0.25) is 4.57 Å². The first-order chi connectivity index (χ1) is 33.6. The van der Waals surface area contributed by atoms with Gasteiger partial charge in [-0.05, 0) is 81.2 Å². The SMILES string of the molecule is CC1(Cc2ccc3c4c2cccc4c2cccc4c2-n3c2ccccc2n4-c2nc(-c3ccccc3)nc(-c3ccccc3)n2)c2ccccc2N2c3c(cccc31)-c1cccc3cccc2c13. The highest BCUT2D eigenvalue weighted by Gasteiger charge is 2.43. The third-order valence-electron chi connectivity index (χ3n) is 14.9. The minimum atomic E-state index is -0.335. The molecule has 6 nitrogen and oxygen atoms in total. The fourth-order valence-electron chi connectivity index (χ4n) is 12.0. The Bertz CT molecular complexity index is 4140. The molecule has 4 aliphatic rings. The molecule has 0 saturated heterocycles. The average molecular weight is 869 g/mol. The molecule has 4 aliphatic heterocycles. The second-order valence-electron chi connectivity index (χ2n) is 18.6. The average Bonchev–Trinajstić information content (AvgIpc) is 3.40. The predicted molar refractivity (Wildman–Crippen MR) is 278 cm³/mol. The second-order valence-corrected chi connectivity index (χ2v) is 18.6. The molecule has 0 saturated carbocycles. The van der Waals surface area contributed by atoms with Crippen LogP contribution in [0.3, 0.4) is 0 Å². The van der Waals surface area contributed by atoms with Crippen molar-refractivity contribution in [3.05, 3.63) is 229 Å². The van der Waals surface area contributed by atoms with Gasteiger partial charge in [0.15, 0.2) is 11.6 Å². The summed E-state index contributed by atoms with van der Waals surface area (Å²) in [5, 5.41) is 7.51. The van der Waals surface area contributed by atoms with E-state index in [0.29, 0.717) is 17.6 Å². The lowest BCUT2D eigenvalue weighted by Crippen LogP contribution is -2.36. The van der Waals surface area contributed by atoms with E-state index in [1.807, 2.05) is 36.4 Å². The Balaban J connectivity index is 0.969. The highest BCUT2D eigenvalue weighted by Crippen LogP contribution is 2.60. The molecule has 0 aliphatic carbocycles. The molecule has 0 bridgehead atoms. The number of nitrogens with zero attached hydrogens (tertiary/aromatic N) is 6. The minimum Gasteiger partial charge on any atom is -0.309 e. The van der Waals surface area contributed by atoms with E-state index in [1.54, 1.807) is 0 Å². The van der Waals surface area contributed by atoms with Crippen LogP contribution < -0.4 is 4.90 Å². The largest absolute Gasteiger partial charge is 0.309 e. The van der Waals surface area contributed by atoms with Crippen molar-refractivity contribution < 1.29 is 0 Å². The maximum absolute atomic E-state index is 5.26. The van der Waals surface area contributed by atoms with E-state index in [4.69, 9.17) is 15.0 Å². The van der Waals surface area contributed by atoms with Crippen LogP contribution >= 0.6 is 0 Å². The molecule has 10 aromatic carbocycles. The number of rotatable bonds is 5. The molecule has 68 heavy (non-hydrogen) atoms. The number of benzene rings is 10. The number of para-hydroxylation sites is 5. The number of anilines is 3. The van der Waals surface area contributed by atoms with E-state index in [-0.39, 0.29) is 5.41 Å². The summed E-state index contributed by atoms with van der Waals surface area (Å²) < 4.78 is 4.71. The van der Waals surface area contributed by atoms with Gasteiger partial charge in [-0.25, -0.2) is 4.98 Å². The zero-order valence-corrected chi connectivity index (χ0v) is 37.1. The van der Waals surface area contributed by atoms with Crippen LogP contribution in [0.1, 0.15) is 23.6 Å². The Morgan fingerprint density at radius 2 is 0.985 bits per heavy atom. The molecule has 11 aromatic rings. The van der Waals surface area contributed by atoms with Crippen LogP contribution in [0, 0.1) is 0 Å². The van der Waals surface area contributed by atoms with Crippen LogP contribution in [-0.4, -0.2) is 24.1 Å². The van der Waals surface area contributed by atoms with Crippen LogP contribution in [0.2, 0.25) is 0 Å². The smallest absolute Gasteiger partial charge is 0.238 e. The van der Waals surface area contributed by atoms with Gasteiger partial charge < -0.3 is 9.47 Å². The number of hydrogen-bond acceptors (Lipinski definition) is 4. The van der Waals surface area contributed by atoms with Crippen molar-refractivity contribution in [2.45, 2.75) is 18.8 Å². The van der Waals surface area contributed by atoms with Gasteiger partial charge in [0, 0.05) is 38.3 Å². The highest BCUT2D eigenvalue weighted by atomic mass is 15.2. The summed E-state index contributed by atoms with van der Waals surface area (Å²) >= 11 is 0. The van der Waals surface area contributed by atoms with Gasteiger partial charge in [0.2, 0.25) is 5.95 Å². The van der Waals surface area contributed by atoms with Crippen molar-refractivity contribution >= 4 is 71.4 Å². The lowest BCUT2D eigenvalue weighted by Gasteiger charge is -2.47. The maximum Gasteiger partial charge on any atom is 0.238 e. The first kappa shape index (κ1) is 37.4. The maximum atomic E-state index is 5.26. The molecular weight excluding hydrogens is 829 g/mol. The molecule has 0 N–H and O–H groups in total. The standard InChI is InChI=1S/C62H40N6/c1-62(47-28-8-9-30-49(47)66-52-33-13-22-38-21-12-24-43(55(38)52)45-26-15-29-48(62)57(45)66)37-41-35-36-53-56-42(41)23-14-25-44(56)46-27-16-34-54-58(46)67(53)50-31-10-11-32-51(50)68(54)61-64-59(39-17-4-2-5-18-39)63-60(65-61)40-19-6-3-7-20-40/h2-36H,37H2,1H3. The lowest BCUT2D eigenvalue weighted by atomic mass is 9.66. The summed E-state index contributed by atoms with van der Waals surface area (Å²) in [4.78, 5) is 18.1. The number of hydrogen-bond donors (Lipinski definition) is 0. The summed E-state index contributed by atoms with van der Waals surface area (Å²) in [6.45, 7) is 2.47. The molecule has 318 valence electrons. The zero-order valence-electron chi connectivity index (χ0n) is 37.1. The molecule has 15 rings (SSSR count). The van der Waals surface area contributed by atoms with Crippen LogP contribution in [-0.2, 0) is 11.8 Å². The Labute approximate surface area is 392 Å². The second kappa shape index (κ2) is 13.8. The predicted octanol–water partition coefficient (Wildman–Crippen LogP) is 15.3. The van der Waals surface area contributed by atoms with E-state index < -0.39 is 0 Å². The molecule has 5 heterocycles. The Hall–Kier alpha value is -8.87. The fraction of sp³-hybridized carbons (Fsp3) is 0.0484. The molecule has 1 atom stereocenters. The molecule has 0 amide bonds. The van der Waals surface area contributed by atoms with Crippen molar-refractivity contribution in [2.75, 3.05) is 4.90 Å². The summed E-state index contributed by atoms with van der Waals surface area (Å²) in [7, 11) is 0. The first-order valence-corrected chi connectivity index (χ1v) is 23.4. The van der Waals surface area contributed by atoms with Gasteiger partial charge in [-0.1, -0.05) is 183 Å². The van der Waals surface area contributed by atoms with E-state index in [9.17, 15) is 0 Å². The van der Waals surface area contributed by atoms with E-state index in [1.165, 1.54) is 82.7 Å². The number of aromatic nitrogens is 5. The fourth-order valence-corrected chi connectivity index (χ4v) is 12.0. The molecule has 6 heteroatoms. The summed E-state index contributed by atoms with van der Waals surface area (Å²) in [6.07, 6.45) is 0.824. The van der Waals surface area contributed by atoms with Crippen LogP contribution in [0.5, 0.6) is 0 Å². The molecular formula is C62H40N6. The minimum absolute atomic E-state index is 0.335. The van der Waals surface area contributed by atoms with E-state index >= 15 is 0 Å². The van der Waals surface area contributed by atoms with Gasteiger partial charge in [0.05, 0.1) is 44.8 Å². The van der Waals surface area contributed by atoms with Crippen molar-refractivity contribution in [3.63, 3.8) is 0 Å². The van der Waals surface area contributed by atoms with Crippen molar-refractivity contribution in [1.29, 1.82) is 0 Å². The number of pyridine rings is 1. The Morgan fingerprint density at radius 1 is 0.397 bits per heavy atom. The van der Waals surface area contributed by atoms with Crippen LogP contribution in [0.15, 0.2) is 212 Å². The monoisotopic (exact) mass is 868 g/mol. The van der Waals surface area contributed by atoms with Crippen LogP contribution in [0.25, 0.3) is 99.9 Å². The van der Waals surface area contributed by atoms with Crippen molar-refractivity contribution in [2.24, 2.45) is 0 Å². The topological polar surface area (TPSA) is 51.8 Å². The normalized spacial score (nSPS) is 14.9. The third-order valence-corrected chi connectivity index (χ3v) is 14.9. The van der Waals surface area contributed by atoms with Gasteiger partial charge in [-0.15, -0.1) is 0 Å². The summed E-state index contributed by atoms with van der Waals surface area (Å²) in [6, 6.07) is 77.0. The first-order valence-electron chi connectivity index (χ1n) is 23.4. The van der Waals surface area contributed by atoms with Gasteiger partial charge >= 0.3 is 0 Å². The van der Waals surface area contributed by atoms with Gasteiger partial charge in [0.25, 0.3) is 0 Å². The highest BCUT2D eigenvalue weighted by molar-refractivity contribution is 6.21. The van der Waals surface area contributed by atoms with Crippen molar-refractivity contribution in [3.8, 4) is 45.5 Å². The van der Waals surface area contributed by atoms with E-state index in [0.717, 1.165) is 39.8 Å². The van der Waals surface area contributed by atoms with Crippen LogP contribution in [0.4, 0.5) is 17.1 Å². The Morgan fingerprint density at radius 3 is 1.78 bits per heavy atom. The zero-order chi connectivity index (χ0) is 44.7. The molecule has 0 radical (unpaired) electrons. The molecule has 0 spiro atoms. The third kappa shape index (κ3) is 5.03. The molecule has 0 fully saturated rings. The summed E-state index contributed by atoms with van der Waals surface area (Å²) in [5.41, 5.74) is 17.3. The molecule has 1 aromatic heterocycles. The molecule has 1 unspecified atom stereocenters. The Kier molecular flexibility index (Phi) is 7.60. The van der Waals surface area contributed by atoms with E-state index in [2.05, 4.69) is 197 Å². The summed E-state index contributed by atoms with van der Waals surface area (Å²) in [5.74, 6) is 1.82. The lowest BCUT2D eigenvalue weighted by molar-refractivity contribution is 0.563. The quantitative estimate of drug-likeness (QED) is 0.128. The van der Waals surface area contributed by atoms with Crippen molar-refractivity contribution in [1.82, 2.24) is 24.1 Å². The number of fused-ring (bicyclic) bond motifs is 8. The van der Waals surface area contributed by atoms with Gasteiger partial charge in [-0.2, -0.15) is 9.97 Å².